The number of fused-ring (bicyclic) bond motifs is 2. The first-order chi connectivity index (χ1) is 10.1. The van der Waals surface area contributed by atoms with Crippen molar-refractivity contribution < 1.29 is 19.1 Å². The summed E-state index contributed by atoms with van der Waals surface area (Å²) < 4.78 is 10.9. The smallest absolute Gasteiger partial charge is 0.356 e. The minimum Gasteiger partial charge on any atom is -0.446 e. The minimum atomic E-state index is -1.26. The Hall–Kier alpha value is -1.26. The first kappa shape index (κ1) is 15.6. The van der Waals surface area contributed by atoms with Crippen LogP contribution in [0, 0.1) is 10.8 Å². The van der Waals surface area contributed by atoms with Crippen molar-refractivity contribution in [2.45, 2.75) is 39.2 Å². The second kappa shape index (κ2) is 4.62. The Kier molecular flexibility index (Phi) is 3.28. The van der Waals surface area contributed by atoms with Gasteiger partial charge in [0, 0.05) is 10.4 Å². The van der Waals surface area contributed by atoms with Crippen LogP contribution >= 0.6 is 23.2 Å². The lowest BCUT2D eigenvalue weighted by atomic mass is 9.66. The van der Waals surface area contributed by atoms with Crippen molar-refractivity contribution in [1.29, 1.82) is 0 Å². The number of carbonyl (C=O) groups is 2. The largest absolute Gasteiger partial charge is 0.446 e. The van der Waals surface area contributed by atoms with E-state index in [-0.39, 0.29) is 16.7 Å². The number of halogens is 2. The van der Waals surface area contributed by atoms with Crippen molar-refractivity contribution in [1.82, 2.24) is 0 Å². The molecule has 3 rings (SSSR count). The summed E-state index contributed by atoms with van der Waals surface area (Å²) in [6.45, 7) is 5.58. The van der Waals surface area contributed by atoms with Crippen molar-refractivity contribution in [3.05, 3.63) is 28.2 Å². The molecule has 1 aliphatic carbocycles. The first-order valence-corrected chi connectivity index (χ1v) is 7.80. The number of carbonyl (C=O) groups excluding carboxylic acids is 2. The van der Waals surface area contributed by atoms with Crippen molar-refractivity contribution in [3.63, 3.8) is 0 Å². The van der Waals surface area contributed by atoms with E-state index in [2.05, 4.69) is 0 Å². The topological polar surface area (TPSA) is 52.6 Å². The molecular weight excluding hydrogens is 327 g/mol. The zero-order chi connectivity index (χ0) is 16.3. The second-order valence-corrected chi connectivity index (χ2v) is 7.48. The lowest BCUT2D eigenvalue weighted by Gasteiger charge is -2.34. The third-order valence-corrected chi connectivity index (χ3v) is 6.04. The second-order valence-electron chi connectivity index (χ2n) is 6.64. The molecule has 0 spiro atoms. The summed E-state index contributed by atoms with van der Waals surface area (Å²) >= 11 is 11.9. The van der Waals surface area contributed by atoms with E-state index in [0.717, 1.165) is 0 Å². The molecule has 2 bridgehead atoms. The van der Waals surface area contributed by atoms with Crippen LogP contribution in [-0.2, 0) is 14.3 Å². The maximum absolute atomic E-state index is 12.7. The van der Waals surface area contributed by atoms with Gasteiger partial charge in [-0.25, -0.2) is 4.79 Å². The quantitative estimate of drug-likeness (QED) is 0.601. The highest BCUT2D eigenvalue weighted by molar-refractivity contribution is 6.35. The summed E-state index contributed by atoms with van der Waals surface area (Å²) in [4.78, 5) is 24.9. The molecule has 0 unspecified atom stereocenters. The molecule has 4 nitrogen and oxygen atoms in total. The van der Waals surface area contributed by atoms with Crippen LogP contribution in [0.5, 0.6) is 5.75 Å². The van der Waals surface area contributed by atoms with Crippen LogP contribution in [0.25, 0.3) is 0 Å². The fraction of sp³-hybridized carbons (Fsp3) is 0.500. The van der Waals surface area contributed by atoms with E-state index in [0.29, 0.717) is 17.9 Å². The number of ether oxygens (including phenoxy) is 2. The van der Waals surface area contributed by atoms with Crippen LogP contribution in [0.2, 0.25) is 10.0 Å². The van der Waals surface area contributed by atoms with Gasteiger partial charge in [0.25, 0.3) is 0 Å². The fourth-order valence-corrected chi connectivity index (χ4v) is 3.89. The lowest BCUT2D eigenvalue weighted by Crippen LogP contribution is -2.50. The number of esters is 2. The third-order valence-electron chi connectivity index (χ3n) is 5.51. The highest BCUT2D eigenvalue weighted by Crippen LogP contribution is 2.65. The normalized spacial score (nSPS) is 32.0. The number of benzene rings is 1. The van der Waals surface area contributed by atoms with Gasteiger partial charge in [0.05, 0.1) is 10.4 Å². The first-order valence-electron chi connectivity index (χ1n) is 7.05. The molecule has 0 radical (unpaired) electrons. The molecule has 6 heteroatoms. The van der Waals surface area contributed by atoms with E-state index in [1.807, 2.05) is 20.8 Å². The van der Waals surface area contributed by atoms with E-state index in [4.69, 9.17) is 32.7 Å². The van der Waals surface area contributed by atoms with Gasteiger partial charge in [-0.05, 0) is 38.0 Å². The molecule has 1 saturated heterocycles. The molecule has 1 aromatic rings. The Balaban J connectivity index is 1.94. The number of rotatable bonds is 2. The molecule has 118 valence electrons. The zero-order valence-corrected chi connectivity index (χ0v) is 14.0. The van der Waals surface area contributed by atoms with E-state index in [1.54, 1.807) is 6.07 Å². The molecule has 2 aliphatic rings. The predicted octanol–water partition coefficient (Wildman–Crippen LogP) is 4.02. The van der Waals surface area contributed by atoms with Crippen molar-refractivity contribution in [3.8, 4) is 5.75 Å². The van der Waals surface area contributed by atoms with Gasteiger partial charge >= 0.3 is 11.9 Å². The van der Waals surface area contributed by atoms with Gasteiger partial charge in [-0.15, -0.1) is 0 Å². The minimum absolute atomic E-state index is 0.206. The van der Waals surface area contributed by atoms with Crippen LogP contribution < -0.4 is 4.74 Å². The lowest BCUT2D eigenvalue weighted by molar-refractivity contribution is -0.176. The Labute approximate surface area is 138 Å². The molecular formula is C16H16Cl2O4. The maximum atomic E-state index is 12.7. The van der Waals surface area contributed by atoms with Crippen molar-refractivity contribution in [2.75, 3.05) is 0 Å². The van der Waals surface area contributed by atoms with Gasteiger partial charge in [-0.3, -0.25) is 4.79 Å². The monoisotopic (exact) mass is 342 g/mol. The van der Waals surface area contributed by atoms with Gasteiger partial charge < -0.3 is 9.47 Å². The maximum Gasteiger partial charge on any atom is 0.356 e. The van der Waals surface area contributed by atoms with Gasteiger partial charge in [-0.2, -0.15) is 0 Å². The van der Waals surface area contributed by atoms with Gasteiger partial charge in [0.1, 0.15) is 5.75 Å². The summed E-state index contributed by atoms with van der Waals surface area (Å²) in [6, 6.07) is 4.60. The van der Waals surface area contributed by atoms with Gasteiger partial charge in [0.15, 0.2) is 0 Å². The van der Waals surface area contributed by atoms with Crippen LogP contribution in [0.1, 0.15) is 33.6 Å². The summed E-state index contributed by atoms with van der Waals surface area (Å²) in [6.07, 6.45) is 1.05. The van der Waals surface area contributed by atoms with Crippen LogP contribution in [0.3, 0.4) is 0 Å². The highest BCUT2D eigenvalue weighted by Gasteiger charge is 2.76. The standard InChI is InChI=1S/C16H16Cl2O4/c1-14(2)15(3)6-7-16(14,22-12(15)19)13(20)21-11-5-4-9(17)8-10(11)18/h4-5,8H,6-7H2,1-3H3/t15-,16-/m1/s1. The summed E-state index contributed by atoms with van der Waals surface area (Å²) in [5.41, 5.74) is -2.58. The van der Waals surface area contributed by atoms with Gasteiger partial charge in [-0.1, -0.05) is 37.0 Å². The molecule has 1 heterocycles. The molecule has 0 N–H and O–H groups in total. The molecule has 1 saturated carbocycles. The van der Waals surface area contributed by atoms with Crippen LogP contribution in [0.4, 0.5) is 0 Å². The molecule has 0 amide bonds. The average molecular weight is 343 g/mol. The Morgan fingerprint density at radius 1 is 1.23 bits per heavy atom. The Bertz CT molecular complexity index is 685. The SMILES string of the molecule is CC1(C)[C@]2(C)CC[C@]1(C(=O)Oc1ccc(Cl)cc1Cl)OC2=O. The highest BCUT2D eigenvalue weighted by atomic mass is 35.5. The Morgan fingerprint density at radius 2 is 1.91 bits per heavy atom. The number of hydrogen-bond acceptors (Lipinski definition) is 4. The fourth-order valence-electron chi connectivity index (χ4n) is 3.44. The van der Waals surface area contributed by atoms with Crippen LogP contribution in [0.15, 0.2) is 18.2 Å². The van der Waals surface area contributed by atoms with Gasteiger partial charge in [0.2, 0.25) is 5.60 Å². The molecule has 2 atom stereocenters. The molecule has 1 aromatic carbocycles. The summed E-state index contributed by atoms with van der Waals surface area (Å²) in [5, 5.41) is 0.684. The average Bonchev–Trinajstić information content (AvgIpc) is 2.72. The van der Waals surface area contributed by atoms with Crippen molar-refractivity contribution in [2.24, 2.45) is 10.8 Å². The molecule has 2 fully saturated rings. The molecule has 0 aromatic heterocycles. The zero-order valence-electron chi connectivity index (χ0n) is 12.5. The predicted molar refractivity (Wildman–Crippen MR) is 82.0 cm³/mol. The Morgan fingerprint density at radius 3 is 2.41 bits per heavy atom. The van der Waals surface area contributed by atoms with E-state index in [9.17, 15) is 9.59 Å². The summed E-state index contributed by atoms with van der Waals surface area (Å²) in [7, 11) is 0. The summed E-state index contributed by atoms with van der Waals surface area (Å²) in [5.74, 6) is -0.725. The van der Waals surface area contributed by atoms with Crippen LogP contribution in [-0.4, -0.2) is 17.5 Å². The third kappa shape index (κ3) is 1.77. The van der Waals surface area contributed by atoms with E-state index in [1.165, 1.54) is 12.1 Å². The van der Waals surface area contributed by atoms with E-state index >= 15 is 0 Å². The number of hydrogen-bond donors (Lipinski definition) is 0. The van der Waals surface area contributed by atoms with Crippen molar-refractivity contribution >= 4 is 35.1 Å². The van der Waals surface area contributed by atoms with E-state index < -0.39 is 22.4 Å². The molecule has 1 aliphatic heterocycles. The molecule has 22 heavy (non-hydrogen) atoms.